The van der Waals surface area contributed by atoms with Crippen LogP contribution >= 0.6 is 14.1 Å². The van der Waals surface area contributed by atoms with Gasteiger partial charge >= 0.3 is 0 Å². The molecule has 4 aliphatic rings. The number of nitrogens with zero attached hydrogens (tertiary/aromatic N) is 1. The maximum absolute atomic E-state index is 6.33. The topological polar surface area (TPSA) is 24.4 Å². The Morgan fingerprint density at radius 3 is 1.14 bits per heavy atom. The second-order valence-electron chi connectivity index (χ2n) is 15.4. The van der Waals surface area contributed by atoms with Gasteiger partial charge in [0.25, 0.3) is 0 Å². The van der Waals surface area contributed by atoms with Crippen LogP contribution in [0.25, 0.3) is 0 Å². The minimum absolute atomic E-state index is 0.867. The molecule has 0 amide bonds. The van der Waals surface area contributed by atoms with E-state index < -0.39 is 30.6 Å². The summed E-state index contributed by atoms with van der Waals surface area (Å²) in [4.78, 5) is 0. The molecule has 2 nitrogen and oxygen atoms in total. The molecule has 4 rings (SSSR count). The van der Waals surface area contributed by atoms with Crippen LogP contribution in [0.5, 0.6) is 0 Å². The molecule has 6 heteroatoms. The monoisotopic (exact) mass is 581 g/mol. The molecule has 4 fully saturated rings. The van der Waals surface area contributed by atoms with Crippen molar-refractivity contribution >= 4 is 36.1 Å². The van der Waals surface area contributed by atoms with Gasteiger partial charge < -0.3 is 0 Å². The first-order valence-corrected chi connectivity index (χ1v) is 27.4. The van der Waals surface area contributed by atoms with Crippen LogP contribution in [0.3, 0.4) is 0 Å². The average molecular weight is 582 g/mol. The van der Waals surface area contributed by atoms with Crippen LogP contribution in [0.1, 0.15) is 128 Å². The van der Waals surface area contributed by atoms with Crippen molar-refractivity contribution in [2.24, 2.45) is 4.41 Å². The third-order valence-corrected chi connectivity index (χ3v) is 27.0. The molecule has 0 aromatic heterocycles. The fourth-order valence-electron chi connectivity index (χ4n) is 8.56. The van der Waals surface area contributed by atoms with Crippen LogP contribution in [0.2, 0.25) is 39.3 Å². The molecule has 0 aromatic carbocycles. The fourth-order valence-corrected chi connectivity index (χ4v) is 31.6. The fraction of sp³-hybridized carbons (Fsp3) is 0.968. The van der Waals surface area contributed by atoms with E-state index in [2.05, 4.69) is 39.3 Å². The molecule has 4 saturated carbocycles. The number of rotatable bonds is 8. The van der Waals surface area contributed by atoms with Gasteiger partial charge in [-0.05, 0) is 71.0 Å². The van der Waals surface area contributed by atoms with Gasteiger partial charge in [-0.25, -0.2) is 0 Å². The van der Waals surface area contributed by atoms with Crippen LogP contribution in [-0.2, 0) is 0 Å². The molecule has 1 N–H and O–H groups in total. The lowest BCUT2D eigenvalue weighted by Crippen LogP contribution is -2.46. The van der Waals surface area contributed by atoms with Crippen molar-refractivity contribution in [2.45, 2.75) is 190 Å². The molecule has 0 atom stereocenters. The molecule has 0 aromatic rings. The molecule has 0 radical (unpaired) electrons. The molecule has 4 aliphatic carbocycles. The summed E-state index contributed by atoms with van der Waals surface area (Å²) in [6.07, 6.45) is 29.4. The summed E-state index contributed by atoms with van der Waals surface area (Å²) in [5, 5.41) is 0. The van der Waals surface area contributed by atoms with E-state index in [1.54, 1.807) is 0 Å². The van der Waals surface area contributed by atoms with Crippen molar-refractivity contribution in [1.29, 1.82) is 0 Å². The lowest BCUT2D eigenvalue weighted by atomic mass is 9.99. The van der Waals surface area contributed by atoms with Crippen molar-refractivity contribution in [3.05, 3.63) is 0 Å². The molecule has 0 spiro atoms. The van der Waals surface area contributed by atoms with Crippen molar-refractivity contribution < 1.29 is 0 Å². The summed E-state index contributed by atoms with van der Waals surface area (Å²) in [5.41, 5.74) is 8.63. The van der Waals surface area contributed by atoms with Crippen molar-refractivity contribution in [3.8, 4) is 0 Å². The summed E-state index contributed by atoms with van der Waals surface area (Å²) in [5.74, 6) is 0. The summed E-state index contributed by atoms with van der Waals surface area (Å²) in [6, 6.07) is 0. The highest BCUT2D eigenvalue weighted by Crippen LogP contribution is 2.72. The second-order valence-corrected chi connectivity index (χ2v) is 32.7. The number of hydrogen-bond acceptors (Lipinski definition) is 2. The van der Waals surface area contributed by atoms with Gasteiger partial charge in [-0.2, -0.15) is 0 Å². The van der Waals surface area contributed by atoms with E-state index in [9.17, 15) is 0 Å². The van der Waals surface area contributed by atoms with E-state index in [1.165, 1.54) is 128 Å². The number of hydrogen-bond donors (Lipinski definition) is 1. The molecular weight excluding hydrogens is 518 g/mol. The maximum atomic E-state index is 6.33. The standard InChI is InChI=1S/C31H63N2P2Si2/c1-36(2,3)32-34(28-19-11-7-12-20-28,29-21-13-8-14-22-29)27-35(33-37(4,5)6,30-23-15-9-16-24-30)31-25-17-10-18-26-31/h28-32H,7-26H2,1-6H3/q+1. The second kappa shape index (κ2) is 13.2. The average Bonchev–Trinajstić information content (AvgIpc) is 2.88. The first kappa shape index (κ1) is 30.8. The lowest BCUT2D eigenvalue weighted by molar-refractivity contribution is 0.481. The van der Waals surface area contributed by atoms with Crippen LogP contribution in [0.4, 0.5) is 0 Å². The lowest BCUT2D eigenvalue weighted by Gasteiger charge is -2.43. The van der Waals surface area contributed by atoms with Gasteiger partial charge in [0.1, 0.15) is 8.24 Å². The van der Waals surface area contributed by atoms with Crippen LogP contribution in [0, 0.1) is 0 Å². The Labute approximate surface area is 235 Å². The van der Waals surface area contributed by atoms with Gasteiger partial charge in [0.05, 0.1) is 0 Å². The molecule has 0 heterocycles. The zero-order chi connectivity index (χ0) is 26.6. The molecule has 214 valence electrons. The number of nitrogens with one attached hydrogen (secondary N) is 1. The summed E-state index contributed by atoms with van der Waals surface area (Å²) < 4.78 is 11.1. The largest absolute Gasteiger partial charge is 0.291 e. The van der Waals surface area contributed by atoms with E-state index in [0.717, 1.165) is 22.6 Å². The summed E-state index contributed by atoms with van der Waals surface area (Å²) in [6.45, 7) is 15.6. The molecule has 37 heavy (non-hydrogen) atoms. The zero-order valence-corrected chi connectivity index (χ0v) is 29.6. The Morgan fingerprint density at radius 1 is 0.514 bits per heavy atom. The van der Waals surface area contributed by atoms with E-state index in [4.69, 9.17) is 14.7 Å². The van der Waals surface area contributed by atoms with Gasteiger partial charge in [0.2, 0.25) is 12.6 Å². The SMILES string of the molecule is C[Si](C)(C)N=P([C+]=P(N[Si](C)(C)C)(C1CCCCC1)C1CCCCC1)(C1CCCCC1)C1CCCCC1. The van der Waals surface area contributed by atoms with Crippen molar-refractivity contribution in [1.82, 2.24) is 4.75 Å². The molecule has 0 bridgehead atoms. The summed E-state index contributed by atoms with van der Waals surface area (Å²) in [7, 11) is -6.33. The molecular formula is C31H63N2P2Si2+. The Kier molecular flexibility index (Phi) is 11.0. The Bertz CT molecular complexity index is 773. The van der Waals surface area contributed by atoms with Crippen molar-refractivity contribution in [3.63, 3.8) is 0 Å². The zero-order valence-electron chi connectivity index (χ0n) is 25.8. The highest BCUT2D eigenvalue weighted by Gasteiger charge is 2.56. The third-order valence-electron chi connectivity index (χ3n) is 9.88. The first-order valence-electron chi connectivity index (χ1n) is 16.6. The van der Waals surface area contributed by atoms with E-state index in [0.29, 0.717) is 0 Å². The van der Waals surface area contributed by atoms with Crippen molar-refractivity contribution in [2.75, 3.05) is 0 Å². The first-order chi connectivity index (χ1) is 17.5. The highest BCUT2D eigenvalue weighted by molar-refractivity contribution is 7.98. The smallest absolute Gasteiger partial charge is 0.243 e. The quantitative estimate of drug-likeness (QED) is 0.172. The van der Waals surface area contributed by atoms with Crippen LogP contribution < -0.4 is 4.75 Å². The van der Waals surface area contributed by atoms with E-state index in [1.807, 2.05) is 0 Å². The van der Waals surface area contributed by atoms with E-state index in [-0.39, 0.29) is 0 Å². The maximum Gasteiger partial charge on any atom is 0.243 e. The molecule has 0 unspecified atom stereocenters. The Morgan fingerprint density at radius 2 is 0.838 bits per heavy atom. The van der Waals surface area contributed by atoms with Crippen LogP contribution in [0.15, 0.2) is 4.41 Å². The third kappa shape index (κ3) is 7.98. The Balaban J connectivity index is 2.02. The predicted molar refractivity (Wildman–Crippen MR) is 179 cm³/mol. The highest BCUT2D eigenvalue weighted by atomic mass is 31.2. The minimum Gasteiger partial charge on any atom is -0.291 e. The van der Waals surface area contributed by atoms with Gasteiger partial charge in [-0.1, -0.05) is 96.7 Å². The van der Waals surface area contributed by atoms with Crippen LogP contribution in [-0.4, -0.2) is 44.6 Å². The normalized spacial score (nSPS) is 25.1. The Hall–Kier alpha value is 0.834. The summed E-state index contributed by atoms with van der Waals surface area (Å²) >= 11 is 0. The van der Waals surface area contributed by atoms with Gasteiger partial charge in [-0.15, -0.1) is 0 Å². The van der Waals surface area contributed by atoms with Gasteiger partial charge in [-0.3, -0.25) is 9.16 Å². The van der Waals surface area contributed by atoms with E-state index >= 15 is 0 Å². The molecule has 0 aliphatic heterocycles. The molecule has 0 saturated heterocycles. The predicted octanol–water partition coefficient (Wildman–Crippen LogP) is 11.3. The van der Waals surface area contributed by atoms with Gasteiger partial charge in [0, 0.05) is 22.6 Å². The van der Waals surface area contributed by atoms with Gasteiger partial charge in [0.15, 0.2) is 15.3 Å². The minimum atomic E-state index is -1.66.